The summed E-state index contributed by atoms with van der Waals surface area (Å²) in [5.74, 6) is 1.15. The topological polar surface area (TPSA) is 54.3 Å². The van der Waals surface area contributed by atoms with Crippen molar-refractivity contribution >= 4 is 23.4 Å². The number of benzene rings is 2. The summed E-state index contributed by atoms with van der Waals surface area (Å²) in [7, 11) is 0. The minimum Gasteiger partial charge on any atom is -0.368 e. The molecule has 34 heavy (non-hydrogen) atoms. The highest BCUT2D eigenvalue weighted by atomic mass is 32.2. The summed E-state index contributed by atoms with van der Waals surface area (Å²) in [6, 6.07) is 17.1. The third kappa shape index (κ3) is 5.12. The molecule has 0 N–H and O–H groups in total. The molecule has 0 bridgehead atoms. The third-order valence-electron chi connectivity index (χ3n) is 6.79. The molecule has 2 aromatic carbocycles. The first-order valence-corrected chi connectivity index (χ1v) is 13.1. The maximum atomic E-state index is 13.2. The van der Waals surface area contributed by atoms with Gasteiger partial charge in [0.25, 0.3) is 0 Å². The van der Waals surface area contributed by atoms with Crippen LogP contribution in [0.25, 0.3) is 11.4 Å². The molecule has 1 aromatic heterocycles. The van der Waals surface area contributed by atoms with Crippen molar-refractivity contribution < 1.29 is 9.18 Å². The van der Waals surface area contributed by atoms with Crippen molar-refractivity contribution in [1.29, 1.82) is 0 Å². The minimum absolute atomic E-state index is 0.128. The molecule has 2 fully saturated rings. The largest absolute Gasteiger partial charge is 0.368 e. The number of nitrogens with zero attached hydrogens (tertiary/aromatic N) is 5. The van der Waals surface area contributed by atoms with E-state index in [2.05, 4.69) is 31.8 Å². The van der Waals surface area contributed by atoms with Gasteiger partial charge in [0.1, 0.15) is 5.82 Å². The molecule has 5 rings (SSSR count). The average Bonchev–Trinajstić information content (AvgIpc) is 3.33. The zero-order valence-corrected chi connectivity index (χ0v) is 20.1. The Labute approximate surface area is 204 Å². The molecule has 0 spiro atoms. The van der Waals surface area contributed by atoms with Gasteiger partial charge in [-0.1, -0.05) is 61.4 Å². The highest BCUT2D eigenvalue weighted by Crippen LogP contribution is 2.35. The molecular weight excluding hydrogens is 449 g/mol. The van der Waals surface area contributed by atoms with E-state index in [1.54, 1.807) is 12.1 Å². The second kappa shape index (κ2) is 10.6. The molecule has 0 unspecified atom stereocenters. The number of amides is 1. The molecule has 178 valence electrons. The SMILES string of the molecule is O=C(CSc1nnc(-c2ccccc2)n1C1CCCCC1)N1CCN(c2ccc(F)cc2)CC1. The van der Waals surface area contributed by atoms with Gasteiger partial charge in [0.05, 0.1) is 5.75 Å². The van der Waals surface area contributed by atoms with Crippen molar-refractivity contribution in [1.82, 2.24) is 19.7 Å². The molecule has 0 radical (unpaired) electrons. The third-order valence-corrected chi connectivity index (χ3v) is 7.71. The number of aromatic nitrogens is 3. The van der Waals surface area contributed by atoms with E-state index in [0.717, 1.165) is 48.2 Å². The van der Waals surface area contributed by atoms with Gasteiger partial charge < -0.3 is 9.80 Å². The van der Waals surface area contributed by atoms with Gasteiger partial charge in [-0.15, -0.1) is 10.2 Å². The van der Waals surface area contributed by atoms with Gasteiger partial charge in [-0.05, 0) is 37.1 Å². The monoisotopic (exact) mass is 479 g/mol. The van der Waals surface area contributed by atoms with Gasteiger partial charge in [0, 0.05) is 43.5 Å². The van der Waals surface area contributed by atoms with E-state index in [-0.39, 0.29) is 11.7 Å². The minimum atomic E-state index is -0.230. The van der Waals surface area contributed by atoms with Crippen LogP contribution in [0.15, 0.2) is 59.8 Å². The fourth-order valence-electron chi connectivity index (χ4n) is 4.91. The van der Waals surface area contributed by atoms with Crippen molar-refractivity contribution in [2.45, 2.75) is 43.3 Å². The quantitative estimate of drug-likeness (QED) is 0.464. The van der Waals surface area contributed by atoms with E-state index >= 15 is 0 Å². The van der Waals surface area contributed by atoms with Crippen molar-refractivity contribution in [3.05, 3.63) is 60.4 Å². The van der Waals surface area contributed by atoms with Gasteiger partial charge in [-0.2, -0.15) is 0 Å². The lowest BCUT2D eigenvalue weighted by Gasteiger charge is -2.36. The number of rotatable bonds is 6. The van der Waals surface area contributed by atoms with Gasteiger partial charge in [0.2, 0.25) is 5.91 Å². The molecule has 3 aromatic rings. The van der Waals surface area contributed by atoms with Crippen LogP contribution in [-0.4, -0.2) is 57.5 Å². The normalized spacial score (nSPS) is 17.2. The standard InChI is InChI=1S/C26H30FN5OS/c27-21-11-13-22(14-12-21)30-15-17-31(18-16-30)24(33)19-34-26-29-28-25(20-7-3-1-4-8-20)32(26)23-9-5-2-6-10-23/h1,3-4,7-8,11-14,23H,2,5-6,9-10,15-19H2. The first-order chi connectivity index (χ1) is 16.7. The van der Waals surface area contributed by atoms with E-state index in [4.69, 9.17) is 0 Å². The lowest BCUT2D eigenvalue weighted by Crippen LogP contribution is -2.49. The van der Waals surface area contributed by atoms with Crippen LogP contribution in [0.2, 0.25) is 0 Å². The smallest absolute Gasteiger partial charge is 0.233 e. The number of piperazine rings is 1. The van der Waals surface area contributed by atoms with Crippen LogP contribution in [0.5, 0.6) is 0 Å². The van der Waals surface area contributed by atoms with Crippen LogP contribution in [0, 0.1) is 5.82 Å². The number of carbonyl (C=O) groups excluding carboxylic acids is 1. The summed E-state index contributed by atoms with van der Waals surface area (Å²) in [5, 5.41) is 9.88. The second-order valence-electron chi connectivity index (χ2n) is 8.97. The van der Waals surface area contributed by atoms with E-state index in [1.807, 2.05) is 23.1 Å². The number of hydrogen-bond donors (Lipinski definition) is 0. The first kappa shape index (κ1) is 22.9. The predicted octanol–water partition coefficient (Wildman–Crippen LogP) is 5.03. The number of hydrogen-bond acceptors (Lipinski definition) is 5. The number of halogens is 1. The summed E-state index contributed by atoms with van der Waals surface area (Å²) in [5.41, 5.74) is 2.06. The molecule has 1 amide bonds. The van der Waals surface area contributed by atoms with Crippen LogP contribution in [0.1, 0.15) is 38.1 Å². The molecule has 1 aliphatic heterocycles. The fourth-order valence-corrected chi connectivity index (χ4v) is 5.82. The highest BCUT2D eigenvalue weighted by molar-refractivity contribution is 7.99. The number of anilines is 1. The van der Waals surface area contributed by atoms with Crippen LogP contribution >= 0.6 is 11.8 Å². The summed E-state index contributed by atoms with van der Waals surface area (Å²) in [4.78, 5) is 17.1. The molecular formula is C26H30FN5OS. The van der Waals surface area contributed by atoms with E-state index in [9.17, 15) is 9.18 Å². The Morgan fingerprint density at radius 1 is 0.912 bits per heavy atom. The van der Waals surface area contributed by atoms with Gasteiger partial charge >= 0.3 is 0 Å². The zero-order valence-electron chi connectivity index (χ0n) is 19.3. The summed E-state index contributed by atoms with van der Waals surface area (Å²) in [6.45, 7) is 2.83. The maximum absolute atomic E-state index is 13.2. The predicted molar refractivity (Wildman–Crippen MR) is 133 cm³/mol. The number of carbonyl (C=O) groups is 1. The first-order valence-electron chi connectivity index (χ1n) is 12.1. The van der Waals surface area contributed by atoms with Crippen LogP contribution in [0.4, 0.5) is 10.1 Å². The molecule has 1 saturated heterocycles. The van der Waals surface area contributed by atoms with Crippen LogP contribution in [-0.2, 0) is 4.79 Å². The zero-order chi connectivity index (χ0) is 23.3. The molecule has 1 aliphatic carbocycles. The van der Waals surface area contributed by atoms with Crippen molar-refractivity contribution in [3.63, 3.8) is 0 Å². The van der Waals surface area contributed by atoms with Gasteiger partial charge in [-0.3, -0.25) is 9.36 Å². The fraction of sp³-hybridized carbons (Fsp3) is 0.423. The lowest BCUT2D eigenvalue weighted by molar-refractivity contribution is -0.128. The van der Waals surface area contributed by atoms with Crippen LogP contribution in [0.3, 0.4) is 0 Å². The summed E-state index contributed by atoms with van der Waals surface area (Å²) < 4.78 is 15.5. The van der Waals surface area contributed by atoms with Crippen molar-refractivity contribution in [2.75, 3.05) is 36.8 Å². The molecule has 1 saturated carbocycles. The maximum Gasteiger partial charge on any atom is 0.233 e. The Balaban J connectivity index is 1.24. The molecule has 2 aliphatic rings. The Morgan fingerprint density at radius 2 is 1.62 bits per heavy atom. The van der Waals surface area contributed by atoms with Crippen molar-refractivity contribution in [3.8, 4) is 11.4 Å². The van der Waals surface area contributed by atoms with Gasteiger partial charge in [-0.25, -0.2) is 4.39 Å². The van der Waals surface area contributed by atoms with Crippen LogP contribution < -0.4 is 4.90 Å². The van der Waals surface area contributed by atoms with E-state index in [0.29, 0.717) is 24.9 Å². The summed E-state index contributed by atoms with van der Waals surface area (Å²) in [6.07, 6.45) is 5.98. The molecule has 8 heteroatoms. The second-order valence-corrected chi connectivity index (χ2v) is 9.91. The van der Waals surface area contributed by atoms with Crippen molar-refractivity contribution in [2.24, 2.45) is 0 Å². The van der Waals surface area contributed by atoms with Gasteiger partial charge in [0.15, 0.2) is 11.0 Å². The average molecular weight is 480 g/mol. The highest BCUT2D eigenvalue weighted by Gasteiger charge is 2.26. The molecule has 0 atom stereocenters. The summed E-state index contributed by atoms with van der Waals surface area (Å²) >= 11 is 1.50. The van der Waals surface area contributed by atoms with E-state index < -0.39 is 0 Å². The Bertz CT molecular complexity index is 1090. The lowest BCUT2D eigenvalue weighted by atomic mass is 9.95. The molecule has 2 heterocycles. The number of thioether (sulfide) groups is 1. The Hall–Kier alpha value is -2.87. The Morgan fingerprint density at radius 3 is 2.32 bits per heavy atom. The Kier molecular flexibility index (Phi) is 7.13. The molecule has 6 nitrogen and oxygen atoms in total. The van der Waals surface area contributed by atoms with E-state index in [1.165, 1.54) is 43.2 Å².